The summed E-state index contributed by atoms with van der Waals surface area (Å²) in [6.45, 7) is 5.49. The Bertz CT molecular complexity index is 1210. The first-order chi connectivity index (χ1) is 14.1. The van der Waals surface area contributed by atoms with Crippen LogP contribution < -0.4 is 10.9 Å². The van der Waals surface area contributed by atoms with Gasteiger partial charge in [-0.05, 0) is 62.1 Å². The van der Waals surface area contributed by atoms with E-state index in [1.165, 1.54) is 12.1 Å². The van der Waals surface area contributed by atoms with Gasteiger partial charge >= 0.3 is 0 Å². The van der Waals surface area contributed by atoms with E-state index in [1.54, 1.807) is 30.3 Å². The van der Waals surface area contributed by atoms with Gasteiger partial charge in [-0.15, -0.1) is 0 Å². The first kappa shape index (κ1) is 21.9. The monoisotopic (exact) mass is 428 g/mol. The molecule has 1 aromatic heterocycles. The van der Waals surface area contributed by atoms with Crippen LogP contribution in [0.5, 0.6) is 0 Å². The molecule has 3 rings (SSSR count). The molecule has 2 N–H and O–H groups in total. The van der Waals surface area contributed by atoms with Gasteiger partial charge in [0.25, 0.3) is 11.5 Å². The number of carbonyl (C=O) groups excluding carboxylic acids is 1. The zero-order valence-electron chi connectivity index (χ0n) is 17.5. The molecule has 1 heterocycles. The highest BCUT2D eigenvalue weighted by molar-refractivity contribution is 7.71. The van der Waals surface area contributed by atoms with E-state index in [9.17, 15) is 14.0 Å². The molecule has 1 amide bonds. The second kappa shape index (κ2) is 8.49. The van der Waals surface area contributed by atoms with Crippen molar-refractivity contribution in [1.82, 2.24) is 19.8 Å². The summed E-state index contributed by atoms with van der Waals surface area (Å²) in [7, 11) is 3.98. The van der Waals surface area contributed by atoms with Crippen molar-refractivity contribution in [3.05, 3.63) is 69.0 Å². The highest BCUT2D eigenvalue weighted by Crippen LogP contribution is 2.17. The molecular weight excluding hydrogens is 403 g/mol. The molecule has 2 aromatic carbocycles. The number of hydrogen-bond acceptors (Lipinski definition) is 4. The Kier molecular flexibility index (Phi) is 6.19. The standard InChI is InChI=1S/C22H25FN4O2S/c1-22(2,13-26(3)4)12-24-19(28)14-9-10-15-17(11-14)25-21(30)27(20(15)29)18-8-6-5-7-16(18)23/h5-11H,12-13H2,1-4H3,(H,24,28)(H,25,30). The van der Waals surface area contributed by atoms with Crippen LogP contribution in [0.1, 0.15) is 24.2 Å². The first-order valence-electron chi connectivity index (χ1n) is 9.56. The Hall–Kier alpha value is -2.84. The van der Waals surface area contributed by atoms with Gasteiger partial charge in [-0.25, -0.2) is 8.96 Å². The lowest BCUT2D eigenvalue weighted by Gasteiger charge is -2.28. The fourth-order valence-electron chi connectivity index (χ4n) is 3.54. The Labute approximate surface area is 179 Å². The summed E-state index contributed by atoms with van der Waals surface area (Å²) in [5.74, 6) is -0.781. The van der Waals surface area contributed by atoms with Gasteiger partial charge in [0.2, 0.25) is 0 Å². The minimum atomic E-state index is -0.546. The summed E-state index contributed by atoms with van der Waals surface area (Å²) < 4.78 is 15.4. The number of H-pyrrole nitrogens is 1. The quantitative estimate of drug-likeness (QED) is 0.590. The smallest absolute Gasteiger partial charge is 0.266 e. The van der Waals surface area contributed by atoms with Crippen LogP contribution in [0.25, 0.3) is 16.6 Å². The maximum absolute atomic E-state index is 14.2. The SMILES string of the molecule is CN(C)CC(C)(C)CNC(=O)c1ccc2c(=O)n(-c3ccccc3F)c(=S)[nH]c2c1. The lowest BCUT2D eigenvalue weighted by molar-refractivity contribution is 0.0929. The molecule has 158 valence electrons. The summed E-state index contributed by atoms with van der Waals surface area (Å²) >= 11 is 5.29. The predicted octanol–water partition coefficient (Wildman–Crippen LogP) is 3.50. The molecule has 0 aliphatic heterocycles. The van der Waals surface area contributed by atoms with E-state index < -0.39 is 11.4 Å². The molecule has 0 aliphatic rings. The fraction of sp³-hybridized carbons (Fsp3) is 0.318. The third kappa shape index (κ3) is 4.66. The van der Waals surface area contributed by atoms with Crippen LogP contribution in [0.4, 0.5) is 4.39 Å². The number of aromatic amines is 1. The van der Waals surface area contributed by atoms with E-state index in [0.29, 0.717) is 23.0 Å². The molecule has 0 radical (unpaired) electrons. The number of aromatic nitrogens is 2. The number of fused-ring (bicyclic) bond motifs is 1. The molecule has 0 saturated carbocycles. The number of carbonyl (C=O) groups is 1. The third-order valence-electron chi connectivity index (χ3n) is 4.73. The lowest BCUT2D eigenvalue weighted by Crippen LogP contribution is -2.40. The molecule has 8 heteroatoms. The van der Waals surface area contributed by atoms with Crippen LogP contribution in [0, 0.1) is 16.0 Å². The molecule has 0 fully saturated rings. The molecule has 0 spiro atoms. The van der Waals surface area contributed by atoms with E-state index in [1.807, 2.05) is 14.1 Å². The summed E-state index contributed by atoms with van der Waals surface area (Å²) in [4.78, 5) is 30.6. The Morgan fingerprint density at radius 3 is 2.60 bits per heavy atom. The van der Waals surface area contributed by atoms with Crippen molar-refractivity contribution in [3.8, 4) is 5.69 Å². The molecular formula is C22H25FN4O2S. The van der Waals surface area contributed by atoms with E-state index >= 15 is 0 Å². The van der Waals surface area contributed by atoms with Crippen LogP contribution in [0.2, 0.25) is 0 Å². The first-order valence-corrected chi connectivity index (χ1v) is 9.97. The third-order valence-corrected chi connectivity index (χ3v) is 5.01. The second-order valence-corrected chi connectivity index (χ2v) is 8.75. The van der Waals surface area contributed by atoms with Crippen molar-refractivity contribution >= 4 is 29.0 Å². The lowest BCUT2D eigenvalue weighted by atomic mass is 9.93. The summed E-state index contributed by atoms with van der Waals surface area (Å²) in [5, 5.41) is 3.26. The Morgan fingerprint density at radius 2 is 1.93 bits per heavy atom. The molecule has 0 atom stereocenters. The second-order valence-electron chi connectivity index (χ2n) is 8.37. The van der Waals surface area contributed by atoms with E-state index in [2.05, 4.69) is 29.0 Å². The van der Waals surface area contributed by atoms with Crippen LogP contribution in [0.15, 0.2) is 47.3 Å². The average Bonchev–Trinajstić information content (AvgIpc) is 2.66. The molecule has 0 aliphatic carbocycles. The van der Waals surface area contributed by atoms with Crippen molar-refractivity contribution < 1.29 is 9.18 Å². The van der Waals surface area contributed by atoms with Crippen molar-refractivity contribution in [2.24, 2.45) is 5.41 Å². The number of para-hydroxylation sites is 1. The molecule has 0 bridgehead atoms. The molecule has 0 saturated heterocycles. The molecule has 3 aromatic rings. The number of amides is 1. The van der Waals surface area contributed by atoms with Gasteiger partial charge in [0.05, 0.1) is 16.6 Å². The number of nitrogens with one attached hydrogen (secondary N) is 2. The van der Waals surface area contributed by atoms with Crippen LogP contribution in [0.3, 0.4) is 0 Å². The maximum Gasteiger partial charge on any atom is 0.266 e. The van der Waals surface area contributed by atoms with Crippen molar-refractivity contribution in [1.29, 1.82) is 0 Å². The topological polar surface area (TPSA) is 70.1 Å². The average molecular weight is 429 g/mol. The Balaban J connectivity index is 1.94. The van der Waals surface area contributed by atoms with Crippen LogP contribution >= 0.6 is 12.2 Å². The van der Waals surface area contributed by atoms with Gasteiger partial charge in [-0.2, -0.15) is 0 Å². The van der Waals surface area contributed by atoms with Crippen molar-refractivity contribution in [3.63, 3.8) is 0 Å². The summed E-state index contributed by atoms with van der Waals surface area (Å²) in [6.07, 6.45) is 0. The number of halogens is 1. The van der Waals surface area contributed by atoms with E-state index in [4.69, 9.17) is 12.2 Å². The molecule has 30 heavy (non-hydrogen) atoms. The molecule has 0 unspecified atom stereocenters. The van der Waals surface area contributed by atoms with Gasteiger partial charge in [0.15, 0.2) is 4.77 Å². The maximum atomic E-state index is 14.2. The zero-order chi connectivity index (χ0) is 22.1. The summed E-state index contributed by atoms with van der Waals surface area (Å²) in [6, 6.07) is 10.7. The number of rotatable bonds is 6. The van der Waals surface area contributed by atoms with Gasteiger partial charge in [-0.3, -0.25) is 9.59 Å². The van der Waals surface area contributed by atoms with Gasteiger partial charge in [-0.1, -0.05) is 26.0 Å². The van der Waals surface area contributed by atoms with Crippen molar-refractivity contribution in [2.75, 3.05) is 27.2 Å². The van der Waals surface area contributed by atoms with Gasteiger partial charge in [0, 0.05) is 18.7 Å². The number of benzene rings is 2. The summed E-state index contributed by atoms with van der Waals surface area (Å²) in [5.41, 5.74) is 0.381. The fourth-order valence-corrected chi connectivity index (χ4v) is 3.84. The number of hydrogen-bond donors (Lipinski definition) is 2. The predicted molar refractivity (Wildman–Crippen MR) is 119 cm³/mol. The van der Waals surface area contributed by atoms with Crippen LogP contribution in [-0.4, -0.2) is 47.5 Å². The van der Waals surface area contributed by atoms with Crippen LogP contribution in [-0.2, 0) is 0 Å². The van der Waals surface area contributed by atoms with E-state index in [-0.39, 0.29) is 21.8 Å². The highest BCUT2D eigenvalue weighted by atomic mass is 32.1. The Morgan fingerprint density at radius 1 is 1.23 bits per heavy atom. The largest absolute Gasteiger partial charge is 0.351 e. The van der Waals surface area contributed by atoms with Crippen molar-refractivity contribution in [2.45, 2.75) is 13.8 Å². The van der Waals surface area contributed by atoms with Gasteiger partial charge < -0.3 is 15.2 Å². The molecule has 6 nitrogen and oxygen atoms in total. The van der Waals surface area contributed by atoms with Gasteiger partial charge in [0.1, 0.15) is 5.82 Å². The normalized spacial score (nSPS) is 11.8. The minimum absolute atomic E-state index is 0.0577. The highest BCUT2D eigenvalue weighted by Gasteiger charge is 2.20. The number of nitrogens with zero attached hydrogens (tertiary/aromatic N) is 2. The zero-order valence-corrected chi connectivity index (χ0v) is 18.3. The van der Waals surface area contributed by atoms with E-state index in [0.717, 1.165) is 11.1 Å². The minimum Gasteiger partial charge on any atom is -0.351 e.